The first-order valence-corrected chi connectivity index (χ1v) is 4.51. The van der Waals surface area contributed by atoms with Crippen molar-refractivity contribution in [1.29, 1.82) is 0 Å². The Balaban J connectivity index is 2.02. The molecule has 0 saturated carbocycles. The van der Waals surface area contributed by atoms with E-state index in [1.165, 1.54) is 0 Å². The number of rotatable bonds is 1. The lowest BCUT2D eigenvalue weighted by atomic mass is 9.87. The Hall–Kier alpha value is -0.380. The van der Waals surface area contributed by atoms with E-state index in [-0.39, 0.29) is 6.04 Å². The molecule has 68 valence electrons. The van der Waals surface area contributed by atoms with E-state index in [9.17, 15) is 5.11 Å². The molecule has 0 aromatic rings. The van der Waals surface area contributed by atoms with Gasteiger partial charge in [0.15, 0.2) is 0 Å². The zero-order chi connectivity index (χ0) is 8.44. The number of ether oxygens (including phenoxy) is 1. The lowest BCUT2D eigenvalue weighted by Crippen LogP contribution is -2.51. The van der Waals surface area contributed by atoms with Crippen molar-refractivity contribution in [3.8, 4) is 0 Å². The largest absolute Gasteiger partial charge is 0.388 e. The first kappa shape index (κ1) is 8.23. The van der Waals surface area contributed by atoms with Crippen LogP contribution >= 0.6 is 0 Å². The molecule has 0 aromatic carbocycles. The van der Waals surface area contributed by atoms with E-state index in [0.717, 1.165) is 19.4 Å². The topological polar surface area (TPSA) is 41.5 Å². The first-order valence-electron chi connectivity index (χ1n) is 4.51. The highest BCUT2D eigenvalue weighted by Gasteiger charge is 2.37. The standard InChI is InChI=1S/C9H15NO2/c11-9(3-6-12-7-4-9)8-2-1-5-10-8/h1-2,8,10-11H,3-7H2. The Bertz CT molecular complexity index is 185. The molecule has 2 rings (SSSR count). The molecule has 0 spiro atoms. The van der Waals surface area contributed by atoms with Gasteiger partial charge in [-0.2, -0.15) is 0 Å². The van der Waals surface area contributed by atoms with Crippen molar-refractivity contribution in [2.75, 3.05) is 19.8 Å². The molecule has 2 N–H and O–H groups in total. The predicted octanol–water partition coefficient (Wildman–Crippen LogP) is 0.0559. The Morgan fingerprint density at radius 1 is 1.42 bits per heavy atom. The smallest absolute Gasteiger partial charge is 0.0879 e. The average Bonchev–Trinajstić information content (AvgIpc) is 2.58. The number of aliphatic hydroxyl groups is 1. The zero-order valence-corrected chi connectivity index (χ0v) is 7.12. The van der Waals surface area contributed by atoms with Gasteiger partial charge in [0.05, 0.1) is 11.6 Å². The van der Waals surface area contributed by atoms with Crippen LogP contribution < -0.4 is 5.32 Å². The Morgan fingerprint density at radius 2 is 2.17 bits per heavy atom. The molecule has 1 saturated heterocycles. The molecule has 0 amide bonds. The second-order valence-corrected chi connectivity index (χ2v) is 3.53. The van der Waals surface area contributed by atoms with E-state index in [0.29, 0.717) is 13.2 Å². The van der Waals surface area contributed by atoms with Crippen LogP contribution in [-0.4, -0.2) is 36.5 Å². The van der Waals surface area contributed by atoms with Crippen molar-refractivity contribution in [3.63, 3.8) is 0 Å². The fourth-order valence-corrected chi connectivity index (χ4v) is 1.87. The quantitative estimate of drug-likeness (QED) is 0.545. The molecular weight excluding hydrogens is 154 g/mol. The summed E-state index contributed by atoms with van der Waals surface area (Å²) in [6, 6.07) is 0.140. The fraction of sp³-hybridized carbons (Fsp3) is 0.778. The molecule has 3 heteroatoms. The predicted molar refractivity (Wildman–Crippen MR) is 45.9 cm³/mol. The SMILES string of the molecule is OC1(C2C=CCN2)CCOCC1. The Kier molecular flexibility index (Phi) is 2.17. The van der Waals surface area contributed by atoms with E-state index in [1.54, 1.807) is 0 Å². The summed E-state index contributed by atoms with van der Waals surface area (Å²) in [6.07, 6.45) is 5.62. The third kappa shape index (κ3) is 1.40. The molecule has 0 aliphatic carbocycles. The van der Waals surface area contributed by atoms with E-state index in [2.05, 4.69) is 17.5 Å². The van der Waals surface area contributed by atoms with Gasteiger partial charge in [-0.15, -0.1) is 0 Å². The first-order chi connectivity index (χ1) is 5.81. The van der Waals surface area contributed by atoms with Crippen LogP contribution in [0.4, 0.5) is 0 Å². The minimum absolute atomic E-state index is 0.140. The van der Waals surface area contributed by atoms with Gasteiger partial charge in [0.1, 0.15) is 0 Å². The molecule has 0 bridgehead atoms. The van der Waals surface area contributed by atoms with Crippen molar-refractivity contribution < 1.29 is 9.84 Å². The van der Waals surface area contributed by atoms with Crippen LogP contribution in [0.25, 0.3) is 0 Å². The maximum Gasteiger partial charge on any atom is 0.0879 e. The van der Waals surface area contributed by atoms with Gasteiger partial charge in [-0.05, 0) is 0 Å². The van der Waals surface area contributed by atoms with E-state index >= 15 is 0 Å². The maximum absolute atomic E-state index is 10.2. The van der Waals surface area contributed by atoms with Crippen molar-refractivity contribution in [1.82, 2.24) is 5.32 Å². The van der Waals surface area contributed by atoms with Gasteiger partial charge in [0.2, 0.25) is 0 Å². The average molecular weight is 169 g/mol. The summed E-state index contributed by atoms with van der Waals surface area (Å²) in [5.74, 6) is 0. The van der Waals surface area contributed by atoms with Crippen LogP contribution in [0.15, 0.2) is 12.2 Å². The van der Waals surface area contributed by atoms with Crippen LogP contribution in [0.5, 0.6) is 0 Å². The minimum Gasteiger partial charge on any atom is -0.388 e. The minimum atomic E-state index is -0.564. The number of hydrogen-bond acceptors (Lipinski definition) is 3. The molecule has 2 aliphatic heterocycles. The summed E-state index contributed by atoms with van der Waals surface area (Å²) in [7, 11) is 0. The highest BCUT2D eigenvalue weighted by Crippen LogP contribution is 2.26. The Labute approximate surface area is 72.4 Å². The van der Waals surface area contributed by atoms with Gasteiger partial charge >= 0.3 is 0 Å². The van der Waals surface area contributed by atoms with Gasteiger partial charge in [-0.3, -0.25) is 0 Å². The normalized spacial score (nSPS) is 33.9. The second kappa shape index (κ2) is 3.17. The summed E-state index contributed by atoms with van der Waals surface area (Å²) >= 11 is 0. The maximum atomic E-state index is 10.2. The summed E-state index contributed by atoms with van der Waals surface area (Å²) in [5, 5.41) is 13.4. The van der Waals surface area contributed by atoms with Crippen LogP contribution in [-0.2, 0) is 4.74 Å². The van der Waals surface area contributed by atoms with Crippen molar-refractivity contribution >= 4 is 0 Å². The molecule has 1 fully saturated rings. The summed E-state index contributed by atoms with van der Waals surface area (Å²) < 4.78 is 5.21. The van der Waals surface area contributed by atoms with Crippen LogP contribution in [0.3, 0.4) is 0 Å². The van der Waals surface area contributed by atoms with Gasteiger partial charge in [-0.25, -0.2) is 0 Å². The van der Waals surface area contributed by atoms with Crippen molar-refractivity contribution in [2.45, 2.75) is 24.5 Å². The summed E-state index contributed by atoms with van der Waals surface area (Å²) in [5.41, 5.74) is -0.564. The van der Waals surface area contributed by atoms with Gasteiger partial charge in [0, 0.05) is 32.6 Å². The van der Waals surface area contributed by atoms with Crippen LogP contribution in [0.2, 0.25) is 0 Å². The third-order valence-corrected chi connectivity index (χ3v) is 2.72. The van der Waals surface area contributed by atoms with Crippen LogP contribution in [0, 0.1) is 0 Å². The lowest BCUT2D eigenvalue weighted by molar-refractivity contribution is -0.0742. The number of nitrogens with one attached hydrogen (secondary N) is 1. The summed E-state index contributed by atoms with van der Waals surface area (Å²) in [6.45, 7) is 2.25. The highest BCUT2D eigenvalue weighted by atomic mass is 16.5. The molecule has 12 heavy (non-hydrogen) atoms. The molecular formula is C9H15NO2. The highest BCUT2D eigenvalue weighted by molar-refractivity contribution is 5.11. The molecule has 0 aromatic heterocycles. The second-order valence-electron chi connectivity index (χ2n) is 3.53. The fourth-order valence-electron chi connectivity index (χ4n) is 1.87. The molecule has 1 unspecified atom stereocenters. The monoisotopic (exact) mass is 169 g/mol. The molecule has 1 atom stereocenters. The van der Waals surface area contributed by atoms with E-state index < -0.39 is 5.60 Å². The molecule has 3 nitrogen and oxygen atoms in total. The van der Waals surface area contributed by atoms with Gasteiger partial charge in [-0.1, -0.05) is 12.2 Å². The zero-order valence-electron chi connectivity index (χ0n) is 7.12. The summed E-state index contributed by atoms with van der Waals surface area (Å²) in [4.78, 5) is 0. The van der Waals surface area contributed by atoms with E-state index in [4.69, 9.17) is 4.74 Å². The van der Waals surface area contributed by atoms with Crippen LogP contribution in [0.1, 0.15) is 12.8 Å². The Morgan fingerprint density at radius 3 is 2.75 bits per heavy atom. The van der Waals surface area contributed by atoms with E-state index in [1.807, 2.05) is 0 Å². The molecule has 2 aliphatic rings. The van der Waals surface area contributed by atoms with Gasteiger partial charge < -0.3 is 15.2 Å². The van der Waals surface area contributed by atoms with Gasteiger partial charge in [0.25, 0.3) is 0 Å². The number of hydrogen-bond donors (Lipinski definition) is 2. The lowest BCUT2D eigenvalue weighted by Gasteiger charge is -2.36. The van der Waals surface area contributed by atoms with Crippen molar-refractivity contribution in [3.05, 3.63) is 12.2 Å². The van der Waals surface area contributed by atoms with Crippen molar-refractivity contribution in [2.24, 2.45) is 0 Å². The molecule has 0 radical (unpaired) electrons. The third-order valence-electron chi connectivity index (χ3n) is 2.72. The molecule has 2 heterocycles.